The minimum atomic E-state index is -0.441. The molecule has 0 heterocycles. The molecule has 2 unspecified atom stereocenters. The van der Waals surface area contributed by atoms with Gasteiger partial charge in [0.2, 0.25) is 0 Å². The summed E-state index contributed by atoms with van der Waals surface area (Å²) in [5, 5.41) is 13.0. The zero-order valence-corrected chi connectivity index (χ0v) is 11.7. The van der Waals surface area contributed by atoms with Crippen LogP contribution in [-0.4, -0.2) is 50.7 Å². The summed E-state index contributed by atoms with van der Waals surface area (Å²) in [5.74, 6) is 0.704. The highest BCUT2D eigenvalue weighted by atomic mass is 16.5. The van der Waals surface area contributed by atoms with Crippen LogP contribution >= 0.6 is 0 Å². The minimum Gasteiger partial charge on any atom is -0.389 e. The third-order valence-electron chi connectivity index (χ3n) is 2.94. The van der Waals surface area contributed by atoms with Gasteiger partial charge in [-0.15, -0.1) is 0 Å². The van der Waals surface area contributed by atoms with E-state index in [4.69, 9.17) is 9.47 Å². The monoisotopic (exact) mass is 247 g/mol. The summed E-state index contributed by atoms with van der Waals surface area (Å²) < 4.78 is 10.4. The maximum Gasteiger partial charge on any atom is 0.0897 e. The smallest absolute Gasteiger partial charge is 0.0897 e. The SMILES string of the molecule is CCC(CC)CNCC(O)COC(C)COC. The topological polar surface area (TPSA) is 50.7 Å². The molecule has 0 aliphatic heterocycles. The van der Waals surface area contributed by atoms with Gasteiger partial charge in [-0.3, -0.25) is 0 Å². The van der Waals surface area contributed by atoms with Gasteiger partial charge in [0.15, 0.2) is 0 Å². The summed E-state index contributed by atoms with van der Waals surface area (Å²) in [4.78, 5) is 0. The third kappa shape index (κ3) is 9.53. The first-order chi connectivity index (χ1) is 8.13. The Bertz CT molecular complexity index is 163. The Balaban J connectivity index is 3.48. The van der Waals surface area contributed by atoms with E-state index >= 15 is 0 Å². The molecule has 0 amide bonds. The van der Waals surface area contributed by atoms with Crippen LogP contribution < -0.4 is 5.32 Å². The van der Waals surface area contributed by atoms with Gasteiger partial charge in [0.1, 0.15) is 0 Å². The molecule has 0 bridgehead atoms. The predicted octanol–water partition coefficient (Wildman–Crippen LogP) is 1.42. The van der Waals surface area contributed by atoms with E-state index in [1.807, 2.05) is 6.92 Å². The number of aliphatic hydroxyl groups is 1. The van der Waals surface area contributed by atoms with Crippen molar-refractivity contribution in [2.24, 2.45) is 5.92 Å². The van der Waals surface area contributed by atoms with Gasteiger partial charge in [-0.05, 0) is 19.4 Å². The Morgan fingerprint density at radius 3 is 2.29 bits per heavy atom. The number of hydrogen-bond donors (Lipinski definition) is 2. The molecule has 0 aromatic carbocycles. The van der Waals surface area contributed by atoms with Gasteiger partial charge < -0.3 is 19.9 Å². The van der Waals surface area contributed by atoms with Crippen molar-refractivity contribution in [3.8, 4) is 0 Å². The lowest BCUT2D eigenvalue weighted by molar-refractivity contribution is -0.0312. The van der Waals surface area contributed by atoms with Gasteiger partial charge in [-0.1, -0.05) is 26.7 Å². The van der Waals surface area contributed by atoms with Gasteiger partial charge in [0, 0.05) is 13.7 Å². The highest BCUT2D eigenvalue weighted by molar-refractivity contribution is 4.63. The molecule has 104 valence electrons. The van der Waals surface area contributed by atoms with E-state index in [1.54, 1.807) is 7.11 Å². The summed E-state index contributed by atoms with van der Waals surface area (Å²) in [6.45, 7) is 8.82. The number of nitrogens with one attached hydrogen (secondary N) is 1. The molecule has 2 N–H and O–H groups in total. The average molecular weight is 247 g/mol. The number of aliphatic hydroxyl groups excluding tert-OH is 1. The number of rotatable bonds is 11. The highest BCUT2D eigenvalue weighted by Gasteiger charge is 2.09. The Kier molecular flexibility index (Phi) is 10.9. The maximum absolute atomic E-state index is 9.70. The van der Waals surface area contributed by atoms with Gasteiger partial charge >= 0.3 is 0 Å². The number of methoxy groups -OCH3 is 1. The molecule has 0 spiro atoms. The van der Waals surface area contributed by atoms with Crippen molar-refractivity contribution in [2.45, 2.75) is 45.8 Å². The van der Waals surface area contributed by atoms with Crippen molar-refractivity contribution in [1.82, 2.24) is 5.32 Å². The van der Waals surface area contributed by atoms with Crippen molar-refractivity contribution in [2.75, 3.05) is 33.4 Å². The molecular formula is C13H29NO3. The zero-order chi connectivity index (χ0) is 13.1. The van der Waals surface area contributed by atoms with Crippen LogP contribution in [0.2, 0.25) is 0 Å². The molecule has 4 nitrogen and oxygen atoms in total. The lowest BCUT2D eigenvalue weighted by Crippen LogP contribution is -2.34. The first-order valence-electron chi connectivity index (χ1n) is 6.63. The minimum absolute atomic E-state index is 0.0358. The fourth-order valence-electron chi connectivity index (χ4n) is 1.65. The Morgan fingerprint density at radius 1 is 1.12 bits per heavy atom. The second kappa shape index (κ2) is 11.0. The molecule has 0 saturated carbocycles. The summed E-state index contributed by atoms with van der Waals surface area (Å²) >= 11 is 0. The van der Waals surface area contributed by atoms with Crippen LogP contribution in [0.4, 0.5) is 0 Å². The van der Waals surface area contributed by atoms with Gasteiger partial charge in [0.05, 0.1) is 25.4 Å². The van der Waals surface area contributed by atoms with Crippen molar-refractivity contribution in [1.29, 1.82) is 0 Å². The van der Waals surface area contributed by atoms with Crippen LogP contribution in [-0.2, 0) is 9.47 Å². The van der Waals surface area contributed by atoms with E-state index in [1.165, 1.54) is 12.8 Å². The lowest BCUT2D eigenvalue weighted by atomic mass is 10.0. The molecule has 0 fully saturated rings. The van der Waals surface area contributed by atoms with Crippen LogP contribution in [0.25, 0.3) is 0 Å². The van der Waals surface area contributed by atoms with Gasteiger partial charge in [-0.2, -0.15) is 0 Å². The number of ether oxygens (including phenoxy) is 2. The summed E-state index contributed by atoms with van der Waals surface area (Å²) in [6, 6.07) is 0. The van der Waals surface area contributed by atoms with Crippen molar-refractivity contribution >= 4 is 0 Å². The van der Waals surface area contributed by atoms with E-state index in [-0.39, 0.29) is 6.10 Å². The standard InChI is InChI=1S/C13H29NO3/c1-5-12(6-2)7-14-8-13(15)10-17-11(3)9-16-4/h11-15H,5-10H2,1-4H3. The van der Waals surface area contributed by atoms with Crippen molar-refractivity contribution in [3.05, 3.63) is 0 Å². The quantitative estimate of drug-likeness (QED) is 0.580. The molecule has 2 atom stereocenters. The van der Waals surface area contributed by atoms with Crippen LogP contribution in [0.3, 0.4) is 0 Å². The Morgan fingerprint density at radius 2 is 1.76 bits per heavy atom. The fraction of sp³-hybridized carbons (Fsp3) is 1.00. The van der Waals surface area contributed by atoms with Crippen LogP contribution in [0, 0.1) is 5.92 Å². The van der Waals surface area contributed by atoms with Crippen LogP contribution in [0.1, 0.15) is 33.6 Å². The van der Waals surface area contributed by atoms with E-state index in [9.17, 15) is 5.11 Å². The summed E-state index contributed by atoms with van der Waals surface area (Å²) in [7, 11) is 1.65. The second-order valence-electron chi connectivity index (χ2n) is 4.59. The summed E-state index contributed by atoms with van der Waals surface area (Å²) in [6.07, 6.45) is 1.96. The fourth-order valence-corrected chi connectivity index (χ4v) is 1.65. The highest BCUT2D eigenvalue weighted by Crippen LogP contribution is 2.04. The maximum atomic E-state index is 9.70. The molecule has 4 heteroatoms. The first-order valence-corrected chi connectivity index (χ1v) is 6.63. The van der Waals surface area contributed by atoms with Crippen molar-refractivity contribution in [3.63, 3.8) is 0 Å². The second-order valence-corrected chi connectivity index (χ2v) is 4.59. The molecule has 0 rings (SSSR count). The van der Waals surface area contributed by atoms with E-state index < -0.39 is 6.10 Å². The molecule has 17 heavy (non-hydrogen) atoms. The molecule has 0 aliphatic carbocycles. The molecule has 0 aliphatic rings. The van der Waals surface area contributed by atoms with Crippen LogP contribution in [0.15, 0.2) is 0 Å². The lowest BCUT2D eigenvalue weighted by Gasteiger charge is -2.18. The first kappa shape index (κ1) is 16.8. The molecule has 0 radical (unpaired) electrons. The summed E-state index contributed by atoms with van der Waals surface area (Å²) in [5.41, 5.74) is 0. The normalized spacial score (nSPS) is 15.2. The van der Waals surface area contributed by atoms with E-state index in [0.29, 0.717) is 25.7 Å². The van der Waals surface area contributed by atoms with Crippen LogP contribution in [0.5, 0.6) is 0 Å². The van der Waals surface area contributed by atoms with E-state index in [0.717, 1.165) is 6.54 Å². The third-order valence-corrected chi connectivity index (χ3v) is 2.94. The molecule has 0 aromatic rings. The molecule has 0 saturated heterocycles. The van der Waals surface area contributed by atoms with Crippen molar-refractivity contribution < 1.29 is 14.6 Å². The molecule has 0 aromatic heterocycles. The molecular weight excluding hydrogens is 218 g/mol. The Labute approximate surface area is 106 Å². The largest absolute Gasteiger partial charge is 0.389 e. The van der Waals surface area contributed by atoms with Gasteiger partial charge in [0.25, 0.3) is 0 Å². The van der Waals surface area contributed by atoms with Gasteiger partial charge in [-0.25, -0.2) is 0 Å². The number of hydrogen-bond acceptors (Lipinski definition) is 4. The predicted molar refractivity (Wildman–Crippen MR) is 70.2 cm³/mol. The van der Waals surface area contributed by atoms with E-state index in [2.05, 4.69) is 19.2 Å². The Hall–Kier alpha value is -0.160. The zero-order valence-electron chi connectivity index (χ0n) is 11.7. The average Bonchev–Trinajstić information content (AvgIpc) is 2.32.